The van der Waals surface area contributed by atoms with Crippen LogP contribution in [-0.2, 0) is 0 Å². The molecule has 0 unspecified atom stereocenters. The smallest absolute Gasteiger partial charge is 0.00145 e. The summed E-state index contributed by atoms with van der Waals surface area (Å²) in [5.41, 5.74) is 0. The molecule has 2 bridgehead atoms. The molecule has 1 aliphatic heterocycles. The maximum atomic E-state index is 3.53. The molecule has 3 aliphatic rings. The highest BCUT2D eigenvalue weighted by molar-refractivity contribution is 5.00. The van der Waals surface area contributed by atoms with Crippen molar-refractivity contribution in [3.05, 3.63) is 0 Å². The van der Waals surface area contributed by atoms with Crippen molar-refractivity contribution in [3.8, 4) is 0 Å². The lowest BCUT2D eigenvalue weighted by atomic mass is 9.82. The minimum Gasteiger partial charge on any atom is -0.316 e. The molecule has 1 heterocycles. The molecule has 1 N–H and O–H groups in total. The van der Waals surface area contributed by atoms with E-state index in [1.165, 1.54) is 13.1 Å². The Labute approximate surface area is 62.2 Å². The highest BCUT2D eigenvalue weighted by Crippen LogP contribution is 2.53. The maximum Gasteiger partial charge on any atom is -0.00145 e. The lowest BCUT2D eigenvalue weighted by Gasteiger charge is -2.22. The molecule has 56 valence electrons. The minimum absolute atomic E-state index is 1.10. The predicted molar refractivity (Wildman–Crippen MR) is 40.7 cm³/mol. The van der Waals surface area contributed by atoms with Crippen LogP contribution in [0.5, 0.6) is 0 Å². The van der Waals surface area contributed by atoms with Gasteiger partial charge in [0.25, 0.3) is 0 Å². The first kappa shape index (κ1) is 5.59. The Morgan fingerprint density at radius 3 is 2.10 bits per heavy atom. The first-order valence-electron chi connectivity index (χ1n) is 4.66. The van der Waals surface area contributed by atoms with Crippen LogP contribution in [0.2, 0.25) is 0 Å². The van der Waals surface area contributed by atoms with E-state index in [0.717, 1.165) is 23.7 Å². The van der Waals surface area contributed by atoms with Gasteiger partial charge >= 0.3 is 0 Å². The molecular formula is C9H15N. The molecule has 1 heteroatoms. The van der Waals surface area contributed by atoms with Gasteiger partial charge in [-0.25, -0.2) is 0 Å². The first-order chi connectivity index (χ1) is 4.95. The van der Waals surface area contributed by atoms with Gasteiger partial charge in [0.1, 0.15) is 0 Å². The van der Waals surface area contributed by atoms with E-state index >= 15 is 0 Å². The van der Waals surface area contributed by atoms with Gasteiger partial charge in [0.05, 0.1) is 0 Å². The predicted octanol–water partition coefficient (Wildman–Crippen LogP) is 1.25. The van der Waals surface area contributed by atoms with E-state index in [-0.39, 0.29) is 0 Å². The number of hydrogen-bond acceptors (Lipinski definition) is 1. The molecule has 0 radical (unpaired) electrons. The molecule has 0 amide bonds. The highest BCUT2D eigenvalue weighted by Gasteiger charge is 2.48. The Morgan fingerprint density at radius 2 is 1.50 bits per heavy atom. The molecule has 1 nitrogen and oxygen atoms in total. The van der Waals surface area contributed by atoms with Crippen molar-refractivity contribution in [3.63, 3.8) is 0 Å². The summed E-state index contributed by atoms with van der Waals surface area (Å²) in [6, 6.07) is 0. The molecule has 3 fully saturated rings. The second-order valence-electron chi connectivity index (χ2n) is 4.32. The fourth-order valence-electron chi connectivity index (χ4n) is 3.58. The van der Waals surface area contributed by atoms with Gasteiger partial charge in [-0.05, 0) is 56.0 Å². The Balaban J connectivity index is 1.92. The summed E-state index contributed by atoms with van der Waals surface area (Å²) in [7, 11) is 0. The van der Waals surface area contributed by atoms with Crippen LogP contribution in [0.4, 0.5) is 0 Å². The van der Waals surface area contributed by atoms with Crippen LogP contribution in [0, 0.1) is 23.7 Å². The maximum absolute atomic E-state index is 3.53. The fraction of sp³-hybridized carbons (Fsp3) is 1.00. The lowest BCUT2D eigenvalue weighted by molar-refractivity contribution is 0.281. The number of fused-ring (bicyclic) bond motifs is 5. The van der Waals surface area contributed by atoms with Crippen molar-refractivity contribution in [1.29, 1.82) is 0 Å². The third-order valence-corrected chi connectivity index (χ3v) is 4.03. The molecule has 0 spiro atoms. The van der Waals surface area contributed by atoms with Gasteiger partial charge in [0.15, 0.2) is 0 Å². The lowest BCUT2D eigenvalue weighted by Crippen LogP contribution is -2.19. The van der Waals surface area contributed by atoms with Crippen LogP contribution < -0.4 is 5.32 Å². The molecular weight excluding hydrogens is 122 g/mol. The van der Waals surface area contributed by atoms with Gasteiger partial charge in [-0.1, -0.05) is 0 Å². The standard InChI is InChI=1S/C9H15N/c1-2-7-3-6(1)8-4-10-5-9(7)8/h6-10H,1-5H2/t6-,7-,8-,9+/m0/s1. The van der Waals surface area contributed by atoms with Gasteiger partial charge in [0.2, 0.25) is 0 Å². The molecule has 2 saturated carbocycles. The quantitative estimate of drug-likeness (QED) is 0.530. The topological polar surface area (TPSA) is 12.0 Å². The summed E-state index contributed by atoms with van der Waals surface area (Å²) in [6.07, 6.45) is 4.68. The van der Waals surface area contributed by atoms with Gasteiger partial charge in [-0.15, -0.1) is 0 Å². The Hall–Kier alpha value is -0.0400. The number of hydrogen-bond donors (Lipinski definition) is 1. The second-order valence-corrected chi connectivity index (χ2v) is 4.32. The molecule has 10 heavy (non-hydrogen) atoms. The summed E-state index contributed by atoms with van der Waals surface area (Å²) in [6.45, 7) is 2.68. The number of nitrogens with one attached hydrogen (secondary N) is 1. The van der Waals surface area contributed by atoms with E-state index in [9.17, 15) is 0 Å². The molecule has 0 aromatic carbocycles. The minimum atomic E-state index is 1.10. The summed E-state index contributed by atoms with van der Waals surface area (Å²) in [5.74, 6) is 4.45. The van der Waals surface area contributed by atoms with Crippen LogP contribution in [0.25, 0.3) is 0 Å². The Morgan fingerprint density at radius 1 is 0.900 bits per heavy atom. The van der Waals surface area contributed by atoms with Gasteiger partial charge < -0.3 is 5.32 Å². The van der Waals surface area contributed by atoms with Gasteiger partial charge in [0, 0.05) is 0 Å². The zero-order chi connectivity index (χ0) is 6.55. The van der Waals surface area contributed by atoms with Crippen LogP contribution >= 0.6 is 0 Å². The molecule has 3 rings (SSSR count). The van der Waals surface area contributed by atoms with Crippen molar-refractivity contribution in [2.45, 2.75) is 19.3 Å². The van der Waals surface area contributed by atoms with Crippen LogP contribution in [0.3, 0.4) is 0 Å². The van der Waals surface area contributed by atoms with E-state index in [4.69, 9.17) is 0 Å². The van der Waals surface area contributed by atoms with Gasteiger partial charge in [-0.3, -0.25) is 0 Å². The molecule has 1 saturated heterocycles. The van der Waals surface area contributed by atoms with Gasteiger partial charge in [-0.2, -0.15) is 0 Å². The zero-order valence-corrected chi connectivity index (χ0v) is 6.34. The zero-order valence-electron chi connectivity index (χ0n) is 6.34. The average molecular weight is 137 g/mol. The normalized spacial score (nSPS) is 57.6. The Bertz CT molecular complexity index is 139. The summed E-state index contributed by atoms with van der Waals surface area (Å²) in [4.78, 5) is 0. The third-order valence-electron chi connectivity index (χ3n) is 4.03. The average Bonchev–Trinajstić information content (AvgIpc) is 2.60. The van der Waals surface area contributed by atoms with E-state index in [1.807, 2.05) is 0 Å². The van der Waals surface area contributed by atoms with Crippen molar-refractivity contribution in [2.75, 3.05) is 13.1 Å². The van der Waals surface area contributed by atoms with Crippen molar-refractivity contribution in [2.24, 2.45) is 23.7 Å². The fourth-order valence-corrected chi connectivity index (χ4v) is 3.58. The van der Waals surface area contributed by atoms with E-state index in [0.29, 0.717) is 0 Å². The number of rotatable bonds is 0. The van der Waals surface area contributed by atoms with Crippen LogP contribution in [0.1, 0.15) is 19.3 Å². The third kappa shape index (κ3) is 0.531. The van der Waals surface area contributed by atoms with Crippen molar-refractivity contribution >= 4 is 0 Å². The SMILES string of the molecule is C1C[C@H]2C[C@H]1[C@H]1CNC[C@@H]21. The largest absolute Gasteiger partial charge is 0.316 e. The summed E-state index contributed by atoms with van der Waals surface area (Å²) in [5, 5.41) is 3.53. The molecule has 4 atom stereocenters. The second kappa shape index (κ2) is 1.76. The highest BCUT2D eigenvalue weighted by atomic mass is 14.9. The molecule has 2 aliphatic carbocycles. The molecule has 0 aromatic heterocycles. The van der Waals surface area contributed by atoms with Crippen LogP contribution in [0.15, 0.2) is 0 Å². The van der Waals surface area contributed by atoms with E-state index in [1.54, 1.807) is 19.3 Å². The van der Waals surface area contributed by atoms with E-state index < -0.39 is 0 Å². The van der Waals surface area contributed by atoms with Crippen LogP contribution in [-0.4, -0.2) is 13.1 Å². The summed E-state index contributed by atoms with van der Waals surface area (Å²) >= 11 is 0. The molecule has 0 aromatic rings. The van der Waals surface area contributed by atoms with Crippen molar-refractivity contribution in [1.82, 2.24) is 5.32 Å². The van der Waals surface area contributed by atoms with Crippen molar-refractivity contribution < 1.29 is 0 Å². The Kier molecular flexibility index (Phi) is 0.984. The summed E-state index contributed by atoms with van der Waals surface area (Å²) < 4.78 is 0. The monoisotopic (exact) mass is 137 g/mol. The first-order valence-corrected chi connectivity index (χ1v) is 4.66. The van der Waals surface area contributed by atoms with E-state index in [2.05, 4.69) is 5.32 Å².